The van der Waals surface area contributed by atoms with Crippen LogP contribution >= 0.6 is 0 Å². The molecule has 0 spiro atoms. The van der Waals surface area contributed by atoms with Gasteiger partial charge in [-0.1, -0.05) is 12.1 Å². The Balaban J connectivity index is 1.84. The van der Waals surface area contributed by atoms with E-state index in [-0.39, 0.29) is 5.78 Å². The van der Waals surface area contributed by atoms with Crippen LogP contribution in [0.25, 0.3) is 0 Å². The molecule has 0 atom stereocenters. The highest BCUT2D eigenvalue weighted by molar-refractivity contribution is 5.96. The summed E-state index contributed by atoms with van der Waals surface area (Å²) in [4.78, 5) is 13.7. The van der Waals surface area contributed by atoms with Crippen LogP contribution in [-0.2, 0) is 6.54 Å². The Morgan fingerprint density at radius 2 is 2.05 bits per heavy atom. The van der Waals surface area contributed by atoms with Gasteiger partial charge in [0.15, 0.2) is 5.78 Å². The van der Waals surface area contributed by atoms with Crippen LogP contribution in [0.2, 0.25) is 0 Å². The van der Waals surface area contributed by atoms with E-state index < -0.39 is 0 Å². The van der Waals surface area contributed by atoms with Crippen LogP contribution in [0.5, 0.6) is 5.75 Å². The zero-order valence-corrected chi connectivity index (χ0v) is 12.8. The summed E-state index contributed by atoms with van der Waals surface area (Å²) in [6, 6.07) is 9.32. The second-order valence-electron chi connectivity index (χ2n) is 5.14. The number of hydrogen-bond acceptors (Lipinski definition) is 4. The summed E-state index contributed by atoms with van der Waals surface area (Å²) in [5, 5.41) is 0. The Kier molecular flexibility index (Phi) is 5.17. The quantitative estimate of drug-likeness (QED) is 0.733. The number of ketones is 1. The molecule has 2 aromatic rings. The van der Waals surface area contributed by atoms with Crippen molar-refractivity contribution in [3.63, 3.8) is 0 Å². The fourth-order valence-corrected chi connectivity index (χ4v) is 2.14. The molecule has 0 radical (unpaired) electrons. The van der Waals surface area contributed by atoms with Gasteiger partial charge < -0.3 is 9.15 Å². The molecule has 0 saturated heterocycles. The van der Waals surface area contributed by atoms with Gasteiger partial charge in [-0.05, 0) is 39.1 Å². The predicted molar refractivity (Wildman–Crippen MR) is 81.7 cm³/mol. The zero-order chi connectivity index (χ0) is 15.2. The molecule has 21 heavy (non-hydrogen) atoms. The third-order valence-corrected chi connectivity index (χ3v) is 3.40. The molecule has 0 aliphatic heterocycles. The van der Waals surface area contributed by atoms with E-state index in [1.54, 1.807) is 19.3 Å². The highest BCUT2D eigenvalue weighted by Crippen LogP contribution is 2.18. The van der Waals surface area contributed by atoms with Gasteiger partial charge in [-0.25, -0.2) is 0 Å². The summed E-state index contributed by atoms with van der Waals surface area (Å²) >= 11 is 0. The number of aryl methyl sites for hydroxylation is 1. The van der Waals surface area contributed by atoms with Gasteiger partial charge in [0.25, 0.3) is 0 Å². The SMILES string of the molecule is CC(=O)c1ccccc1OCCN(C)Cc1ccoc1C. The van der Waals surface area contributed by atoms with E-state index in [1.807, 2.05) is 38.2 Å². The van der Waals surface area contributed by atoms with Crippen molar-refractivity contribution in [3.8, 4) is 5.75 Å². The first kappa shape index (κ1) is 15.3. The van der Waals surface area contributed by atoms with E-state index >= 15 is 0 Å². The van der Waals surface area contributed by atoms with Crippen LogP contribution in [0.15, 0.2) is 41.0 Å². The second kappa shape index (κ2) is 7.09. The minimum atomic E-state index is 0.0213. The van der Waals surface area contributed by atoms with E-state index in [0.29, 0.717) is 17.9 Å². The summed E-state index contributed by atoms with van der Waals surface area (Å²) < 4.78 is 11.0. The van der Waals surface area contributed by atoms with Crippen LogP contribution in [0.1, 0.15) is 28.6 Å². The fourth-order valence-electron chi connectivity index (χ4n) is 2.14. The molecule has 0 N–H and O–H groups in total. The molecule has 0 saturated carbocycles. The van der Waals surface area contributed by atoms with Gasteiger partial charge in [0, 0.05) is 18.7 Å². The minimum Gasteiger partial charge on any atom is -0.491 e. The lowest BCUT2D eigenvalue weighted by Crippen LogP contribution is -2.24. The Labute approximate surface area is 125 Å². The van der Waals surface area contributed by atoms with Crippen molar-refractivity contribution in [1.82, 2.24) is 4.90 Å². The molecule has 1 aromatic heterocycles. The topological polar surface area (TPSA) is 42.7 Å². The molecule has 0 amide bonds. The van der Waals surface area contributed by atoms with Gasteiger partial charge in [-0.2, -0.15) is 0 Å². The lowest BCUT2D eigenvalue weighted by Gasteiger charge is -2.17. The lowest BCUT2D eigenvalue weighted by molar-refractivity contribution is 0.101. The summed E-state index contributed by atoms with van der Waals surface area (Å²) in [5.41, 5.74) is 1.81. The van der Waals surface area contributed by atoms with Crippen molar-refractivity contribution in [2.24, 2.45) is 0 Å². The second-order valence-corrected chi connectivity index (χ2v) is 5.14. The molecule has 4 nitrogen and oxygen atoms in total. The predicted octanol–water partition coefficient (Wildman–Crippen LogP) is 3.30. The Bertz CT molecular complexity index is 604. The van der Waals surface area contributed by atoms with Crippen LogP contribution in [0, 0.1) is 6.92 Å². The maximum absolute atomic E-state index is 11.5. The minimum absolute atomic E-state index is 0.0213. The molecule has 0 aliphatic carbocycles. The standard InChI is InChI=1S/C17H21NO3/c1-13(19)16-6-4-5-7-17(16)21-11-9-18(3)12-15-8-10-20-14(15)2/h4-8,10H,9,11-12H2,1-3H3. The number of ether oxygens (including phenoxy) is 1. The number of hydrogen-bond donors (Lipinski definition) is 0. The molecule has 2 rings (SSSR count). The molecular formula is C17H21NO3. The third kappa shape index (κ3) is 4.20. The van der Waals surface area contributed by atoms with Crippen molar-refractivity contribution < 1.29 is 13.9 Å². The van der Waals surface area contributed by atoms with Crippen LogP contribution in [0.3, 0.4) is 0 Å². The van der Waals surface area contributed by atoms with E-state index in [4.69, 9.17) is 9.15 Å². The Hall–Kier alpha value is -2.07. The van der Waals surface area contributed by atoms with Gasteiger partial charge in [0.1, 0.15) is 18.1 Å². The van der Waals surface area contributed by atoms with E-state index in [9.17, 15) is 4.79 Å². The molecular weight excluding hydrogens is 266 g/mol. The number of nitrogens with zero attached hydrogens (tertiary/aromatic N) is 1. The number of Topliss-reactive ketones (excluding diaryl/α,β-unsaturated/α-hetero) is 1. The van der Waals surface area contributed by atoms with Crippen LogP contribution < -0.4 is 4.74 Å². The number of furan rings is 1. The largest absolute Gasteiger partial charge is 0.491 e. The highest BCUT2D eigenvalue weighted by Gasteiger charge is 2.09. The van der Waals surface area contributed by atoms with Crippen molar-refractivity contribution >= 4 is 5.78 Å². The monoisotopic (exact) mass is 287 g/mol. The molecule has 0 bridgehead atoms. The molecule has 0 aliphatic rings. The highest BCUT2D eigenvalue weighted by atomic mass is 16.5. The van der Waals surface area contributed by atoms with Crippen molar-refractivity contribution in [3.05, 3.63) is 53.5 Å². The number of rotatable bonds is 7. The van der Waals surface area contributed by atoms with E-state index in [2.05, 4.69) is 4.90 Å². The average Bonchev–Trinajstić information content (AvgIpc) is 2.84. The smallest absolute Gasteiger partial charge is 0.163 e. The summed E-state index contributed by atoms with van der Waals surface area (Å²) in [5.74, 6) is 1.62. The molecule has 0 fully saturated rings. The number of likely N-dealkylation sites (N-methyl/N-ethyl adjacent to an activating group) is 1. The van der Waals surface area contributed by atoms with Gasteiger partial charge in [0.2, 0.25) is 0 Å². The zero-order valence-electron chi connectivity index (χ0n) is 12.8. The molecule has 0 unspecified atom stereocenters. The molecule has 4 heteroatoms. The first-order valence-electron chi connectivity index (χ1n) is 7.02. The van der Waals surface area contributed by atoms with Crippen LogP contribution in [-0.4, -0.2) is 30.9 Å². The number of benzene rings is 1. The molecule has 1 heterocycles. The van der Waals surface area contributed by atoms with Crippen LogP contribution in [0.4, 0.5) is 0 Å². The molecule has 1 aromatic carbocycles. The van der Waals surface area contributed by atoms with Gasteiger partial charge >= 0.3 is 0 Å². The Morgan fingerprint density at radius 1 is 1.29 bits per heavy atom. The summed E-state index contributed by atoms with van der Waals surface area (Å²) in [6.07, 6.45) is 1.71. The maximum Gasteiger partial charge on any atom is 0.163 e. The van der Waals surface area contributed by atoms with Crippen molar-refractivity contribution in [1.29, 1.82) is 0 Å². The normalized spacial score (nSPS) is 10.9. The molecule has 112 valence electrons. The van der Waals surface area contributed by atoms with Gasteiger partial charge in [-0.3, -0.25) is 9.69 Å². The Morgan fingerprint density at radius 3 is 2.71 bits per heavy atom. The van der Waals surface area contributed by atoms with E-state index in [1.165, 1.54) is 5.56 Å². The van der Waals surface area contributed by atoms with E-state index in [0.717, 1.165) is 18.8 Å². The fraction of sp³-hybridized carbons (Fsp3) is 0.353. The van der Waals surface area contributed by atoms with Crippen molar-refractivity contribution in [2.75, 3.05) is 20.2 Å². The first-order valence-corrected chi connectivity index (χ1v) is 7.02. The average molecular weight is 287 g/mol. The summed E-state index contributed by atoms with van der Waals surface area (Å²) in [7, 11) is 2.03. The van der Waals surface area contributed by atoms with Gasteiger partial charge in [0.05, 0.1) is 11.8 Å². The number of para-hydroxylation sites is 1. The first-order chi connectivity index (χ1) is 10.1. The number of carbonyl (C=O) groups excluding carboxylic acids is 1. The lowest BCUT2D eigenvalue weighted by atomic mass is 10.1. The maximum atomic E-state index is 11.5. The third-order valence-electron chi connectivity index (χ3n) is 3.40. The van der Waals surface area contributed by atoms with Crippen molar-refractivity contribution in [2.45, 2.75) is 20.4 Å². The van der Waals surface area contributed by atoms with Gasteiger partial charge in [-0.15, -0.1) is 0 Å². The number of carbonyl (C=O) groups is 1. The summed E-state index contributed by atoms with van der Waals surface area (Å²) in [6.45, 7) is 5.65.